The van der Waals surface area contributed by atoms with Crippen LogP contribution < -0.4 is 16.4 Å². The Bertz CT molecular complexity index is 785. The first-order valence-corrected chi connectivity index (χ1v) is 11.6. The number of ether oxygens (including phenoxy) is 3. The number of fused-ring (bicyclic) bond motifs is 1. The normalized spacial score (nSPS) is 27.0. The lowest BCUT2D eigenvalue weighted by Gasteiger charge is -2.40. The van der Waals surface area contributed by atoms with E-state index in [1.807, 2.05) is 0 Å². The summed E-state index contributed by atoms with van der Waals surface area (Å²) >= 11 is 0. The standard InChI is InChI=1S/C22H36N4O8/c23-7-9-33-11-13-34-12-10-32-8-6-18(28)24-15-3-1-2-14-19(15)22(31)26(21(14)30)16-4-5-17(27)25-20(16)29/h1-3,16-17,20-22,25,27,29-31H,4-13,23H2,(H,24,28). The molecule has 2 heterocycles. The molecule has 0 saturated carbocycles. The Kier molecular flexibility index (Phi) is 10.6. The third-order valence-corrected chi connectivity index (χ3v) is 5.84. The molecule has 34 heavy (non-hydrogen) atoms. The summed E-state index contributed by atoms with van der Waals surface area (Å²) in [5.74, 6) is -0.299. The van der Waals surface area contributed by atoms with E-state index in [1.165, 1.54) is 4.90 Å². The number of hydrogen-bond acceptors (Lipinski definition) is 11. The Morgan fingerprint density at radius 3 is 2.35 bits per heavy atom. The first-order valence-electron chi connectivity index (χ1n) is 11.6. The van der Waals surface area contributed by atoms with E-state index in [2.05, 4.69) is 10.6 Å². The summed E-state index contributed by atoms with van der Waals surface area (Å²) in [7, 11) is 0. The van der Waals surface area contributed by atoms with Gasteiger partial charge in [0.25, 0.3) is 0 Å². The maximum atomic E-state index is 12.4. The van der Waals surface area contributed by atoms with E-state index in [1.54, 1.807) is 18.2 Å². The predicted molar refractivity (Wildman–Crippen MR) is 121 cm³/mol. The fourth-order valence-electron chi connectivity index (χ4n) is 4.20. The van der Waals surface area contributed by atoms with Gasteiger partial charge < -0.3 is 45.7 Å². The molecule has 8 N–H and O–H groups in total. The van der Waals surface area contributed by atoms with Crippen molar-refractivity contribution in [2.24, 2.45) is 5.73 Å². The number of hydrogen-bond donors (Lipinski definition) is 7. The van der Waals surface area contributed by atoms with Gasteiger partial charge in [0.1, 0.15) is 24.9 Å². The second-order valence-corrected chi connectivity index (χ2v) is 8.20. The van der Waals surface area contributed by atoms with Crippen LogP contribution in [-0.2, 0) is 19.0 Å². The van der Waals surface area contributed by atoms with Gasteiger partial charge in [0.05, 0.1) is 52.1 Å². The van der Waals surface area contributed by atoms with Crippen LogP contribution in [0.2, 0.25) is 0 Å². The van der Waals surface area contributed by atoms with Crippen LogP contribution in [0.4, 0.5) is 5.69 Å². The van der Waals surface area contributed by atoms with Crippen molar-refractivity contribution in [3.8, 4) is 0 Å². The minimum atomic E-state index is -1.24. The molecule has 12 heteroatoms. The van der Waals surface area contributed by atoms with E-state index in [0.29, 0.717) is 69.2 Å². The Morgan fingerprint density at radius 1 is 1.00 bits per heavy atom. The summed E-state index contributed by atoms with van der Waals surface area (Å²) < 4.78 is 16.0. The summed E-state index contributed by atoms with van der Waals surface area (Å²) in [6.45, 7) is 2.82. The van der Waals surface area contributed by atoms with Gasteiger partial charge in [-0.05, 0) is 18.9 Å². The van der Waals surface area contributed by atoms with Gasteiger partial charge in [-0.3, -0.25) is 10.1 Å². The second-order valence-electron chi connectivity index (χ2n) is 8.20. The topological polar surface area (TPSA) is 179 Å². The minimum Gasteiger partial charge on any atom is -0.379 e. The molecule has 1 saturated heterocycles. The molecule has 1 aromatic carbocycles. The number of carbonyl (C=O) groups excluding carboxylic acids is 1. The number of aliphatic hydroxyl groups is 4. The van der Waals surface area contributed by atoms with Gasteiger partial charge in [0, 0.05) is 23.4 Å². The lowest BCUT2D eigenvalue weighted by molar-refractivity contribution is -0.158. The van der Waals surface area contributed by atoms with Crippen LogP contribution in [0.1, 0.15) is 42.8 Å². The van der Waals surface area contributed by atoms with Crippen molar-refractivity contribution in [3.63, 3.8) is 0 Å². The monoisotopic (exact) mass is 484 g/mol. The van der Waals surface area contributed by atoms with E-state index in [4.69, 9.17) is 19.9 Å². The maximum absolute atomic E-state index is 12.4. The summed E-state index contributed by atoms with van der Waals surface area (Å²) in [6.07, 6.45) is -3.52. The zero-order valence-electron chi connectivity index (χ0n) is 19.1. The van der Waals surface area contributed by atoms with Crippen molar-refractivity contribution in [1.29, 1.82) is 0 Å². The van der Waals surface area contributed by atoms with Gasteiger partial charge >= 0.3 is 0 Å². The lowest BCUT2D eigenvalue weighted by atomic mass is 10.0. The predicted octanol–water partition coefficient (Wildman–Crippen LogP) is -1.29. The van der Waals surface area contributed by atoms with E-state index >= 15 is 0 Å². The van der Waals surface area contributed by atoms with Gasteiger partial charge in [-0.25, -0.2) is 4.90 Å². The number of rotatable bonds is 13. The van der Waals surface area contributed by atoms with Gasteiger partial charge in [0.15, 0.2) is 0 Å². The smallest absolute Gasteiger partial charge is 0.226 e. The Morgan fingerprint density at radius 2 is 1.68 bits per heavy atom. The fraction of sp³-hybridized carbons (Fsp3) is 0.682. The lowest BCUT2D eigenvalue weighted by Crippen LogP contribution is -2.57. The van der Waals surface area contributed by atoms with Crippen molar-refractivity contribution in [1.82, 2.24) is 10.2 Å². The molecule has 3 rings (SSSR count). The molecule has 5 atom stereocenters. The van der Waals surface area contributed by atoms with Crippen LogP contribution in [0.15, 0.2) is 18.2 Å². The van der Waals surface area contributed by atoms with Crippen molar-refractivity contribution in [2.45, 2.75) is 50.2 Å². The fourth-order valence-corrected chi connectivity index (χ4v) is 4.20. The molecule has 1 amide bonds. The summed E-state index contributed by atoms with van der Waals surface area (Å²) in [6, 6.07) is 4.38. The molecule has 12 nitrogen and oxygen atoms in total. The molecule has 192 valence electrons. The molecule has 5 unspecified atom stereocenters. The summed E-state index contributed by atoms with van der Waals surface area (Å²) in [5, 5.41) is 47.2. The molecule has 0 aromatic heterocycles. The number of benzene rings is 1. The molecule has 2 aliphatic rings. The van der Waals surface area contributed by atoms with E-state index in [-0.39, 0.29) is 18.9 Å². The van der Waals surface area contributed by atoms with Gasteiger partial charge in [0.2, 0.25) is 5.91 Å². The molecule has 2 aliphatic heterocycles. The van der Waals surface area contributed by atoms with Crippen LogP contribution in [-0.4, -0.2) is 95.9 Å². The number of piperidine rings is 1. The molecule has 1 aromatic rings. The second kappa shape index (κ2) is 13.4. The quantitative estimate of drug-likeness (QED) is 0.166. The highest BCUT2D eigenvalue weighted by Crippen LogP contribution is 2.45. The summed E-state index contributed by atoms with van der Waals surface area (Å²) in [4.78, 5) is 13.8. The SMILES string of the molecule is NCCOCCOCCOCCC(=O)Nc1cccc2c1C(O)N(C1CCC(O)NC1O)C2O. The number of amides is 1. The van der Waals surface area contributed by atoms with Crippen molar-refractivity contribution in [2.75, 3.05) is 51.5 Å². The zero-order chi connectivity index (χ0) is 24.5. The number of nitrogens with one attached hydrogen (secondary N) is 2. The van der Waals surface area contributed by atoms with Crippen LogP contribution >= 0.6 is 0 Å². The maximum Gasteiger partial charge on any atom is 0.226 e. The largest absolute Gasteiger partial charge is 0.379 e. The van der Waals surface area contributed by atoms with E-state index < -0.39 is 31.0 Å². The van der Waals surface area contributed by atoms with Gasteiger partial charge in [-0.2, -0.15) is 0 Å². The third-order valence-electron chi connectivity index (χ3n) is 5.84. The molecule has 0 radical (unpaired) electrons. The van der Waals surface area contributed by atoms with E-state index in [9.17, 15) is 25.2 Å². The first kappa shape index (κ1) is 26.9. The number of nitrogens with zero attached hydrogens (tertiary/aromatic N) is 1. The number of anilines is 1. The average molecular weight is 485 g/mol. The molecule has 0 aliphatic carbocycles. The Labute approximate surface area is 198 Å². The van der Waals surface area contributed by atoms with Gasteiger partial charge in [-0.15, -0.1) is 0 Å². The number of nitrogens with two attached hydrogens (primary N) is 1. The van der Waals surface area contributed by atoms with E-state index in [0.717, 1.165) is 0 Å². The molecule has 0 bridgehead atoms. The van der Waals surface area contributed by atoms with Crippen LogP contribution in [0.25, 0.3) is 0 Å². The molecular formula is C22H36N4O8. The number of aliphatic hydroxyl groups excluding tert-OH is 4. The van der Waals surface area contributed by atoms with Gasteiger partial charge in [-0.1, -0.05) is 12.1 Å². The van der Waals surface area contributed by atoms with Crippen molar-refractivity contribution in [3.05, 3.63) is 29.3 Å². The van der Waals surface area contributed by atoms with Crippen LogP contribution in [0, 0.1) is 0 Å². The van der Waals surface area contributed by atoms with Crippen molar-refractivity contribution < 1.29 is 39.4 Å². The van der Waals surface area contributed by atoms with Crippen LogP contribution in [0.5, 0.6) is 0 Å². The Balaban J connectivity index is 1.46. The molecule has 0 spiro atoms. The highest BCUT2D eigenvalue weighted by molar-refractivity contribution is 5.92. The van der Waals surface area contributed by atoms with Crippen molar-refractivity contribution >= 4 is 11.6 Å². The average Bonchev–Trinajstić information content (AvgIpc) is 3.06. The zero-order valence-corrected chi connectivity index (χ0v) is 19.1. The van der Waals surface area contributed by atoms with Crippen LogP contribution in [0.3, 0.4) is 0 Å². The minimum absolute atomic E-state index is 0.106. The first-order chi connectivity index (χ1) is 16.4. The highest BCUT2D eigenvalue weighted by Gasteiger charge is 2.45. The number of carbonyl (C=O) groups is 1. The molecule has 1 fully saturated rings. The Hall–Kier alpha value is -1.71. The highest BCUT2D eigenvalue weighted by atomic mass is 16.5. The molecular weight excluding hydrogens is 448 g/mol. The third kappa shape index (κ3) is 6.92. The summed E-state index contributed by atoms with van der Waals surface area (Å²) in [5.41, 5.74) is 6.54.